The van der Waals surface area contributed by atoms with Crippen LogP contribution in [0.5, 0.6) is 5.75 Å². The number of carbonyl (C=O) groups excluding carboxylic acids is 3. The van der Waals surface area contributed by atoms with Crippen LogP contribution < -0.4 is 15.0 Å². The van der Waals surface area contributed by atoms with Gasteiger partial charge in [0.15, 0.2) is 0 Å². The first-order chi connectivity index (χ1) is 16.0. The van der Waals surface area contributed by atoms with E-state index in [-0.39, 0.29) is 18.7 Å². The topological polar surface area (TPSA) is 92.1 Å². The van der Waals surface area contributed by atoms with Gasteiger partial charge in [-0.3, -0.25) is 9.59 Å². The molecule has 2 heterocycles. The van der Waals surface area contributed by atoms with Crippen molar-refractivity contribution in [3.8, 4) is 5.75 Å². The first-order valence-electron chi connectivity index (χ1n) is 10.4. The molecule has 4 rings (SSSR count). The zero-order valence-corrected chi connectivity index (χ0v) is 17.9. The fourth-order valence-corrected chi connectivity index (χ4v) is 3.60. The maximum Gasteiger partial charge on any atom is 0.332 e. The van der Waals surface area contributed by atoms with Gasteiger partial charge < -0.3 is 19.4 Å². The summed E-state index contributed by atoms with van der Waals surface area (Å²) in [5, 5.41) is 2.74. The van der Waals surface area contributed by atoms with E-state index in [1.54, 1.807) is 36.4 Å². The predicted molar refractivity (Wildman–Crippen MR) is 118 cm³/mol. The Morgan fingerprint density at radius 2 is 1.82 bits per heavy atom. The monoisotopic (exact) mass is 451 g/mol. The summed E-state index contributed by atoms with van der Waals surface area (Å²) in [5.74, 6) is -0.354. The van der Waals surface area contributed by atoms with E-state index >= 15 is 0 Å². The molecule has 9 heteroatoms. The van der Waals surface area contributed by atoms with Crippen molar-refractivity contribution in [2.45, 2.75) is 25.9 Å². The van der Waals surface area contributed by atoms with Crippen molar-refractivity contribution in [2.75, 3.05) is 16.8 Å². The third kappa shape index (κ3) is 4.87. The molecule has 8 nitrogen and oxygen atoms in total. The second-order valence-corrected chi connectivity index (χ2v) is 7.37. The van der Waals surface area contributed by atoms with Crippen molar-refractivity contribution in [3.05, 3.63) is 78.5 Å². The number of urea groups is 1. The number of amides is 4. The van der Waals surface area contributed by atoms with Crippen LogP contribution in [0.4, 0.5) is 20.6 Å². The molecule has 3 aromatic rings. The molecule has 1 saturated heterocycles. The average Bonchev–Trinajstić information content (AvgIpc) is 3.39. The van der Waals surface area contributed by atoms with Crippen molar-refractivity contribution in [1.82, 2.24) is 4.90 Å². The smallest absolute Gasteiger partial charge is 0.332 e. The lowest BCUT2D eigenvalue weighted by atomic mass is 10.1. The Bertz CT molecular complexity index is 1130. The highest BCUT2D eigenvalue weighted by Gasteiger charge is 2.47. The number of hydrogen-bond acceptors (Lipinski definition) is 5. The number of furan rings is 1. The molecule has 0 unspecified atom stereocenters. The van der Waals surface area contributed by atoms with Gasteiger partial charge in [0.2, 0.25) is 5.91 Å². The fourth-order valence-electron chi connectivity index (χ4n) is 3.60. The predicted octanol–water partition coefficient (Wildman–Crippen LogP) is 4.18. The standard InChI is InChI=1S/C24H22FN3O5/c1-2-32-19-11-7-17(8-12-19)26-22(29)14-21-23(30)28(18-9-5-16(25)6-10-18)24(31)27(21)15-20-4-3-13-33-20/h3-13,21H,2,14-15H2,1H3,(H,26,29)/t21-/m1/s1. The van der Waals surface area contributed by atoms with Crippen molar-refractivity contribution >= 4 is 29.2 Å². The Morgan fingerprint density at radius 1 is 1.09 bits per heavy atom. The molecule has 0 bridgehead atoms. The molecule has 0 aliphatic carbocycles. The van der Waals surface area contributed by atoms with Gasteiger partial charge in [0, 0.05) is 5.69 Å². The van der Waals surface area contributed by atoms with Crippen LogP contribution in [0.1, 0.15) is 19.1 Å². The number of hydrogen-bond donors (Lipinski definition) is 1. The molecule has 1 fully saturated rings. The lowest BCUT2D eigenvalue weighted by molar-refractivity contribution is -0.124. The number of imide groups is 1. The summed E-state index contributed by atoms with van der Waals surface area (Å²) in [4.78, 5) is 41.3. The number of carbonyl (C=O) groups is 3. The zero-order chi connectivity index (χ0) is 23.4. The number of anilines is 2. The minimum Gasteiger partial charge on any atom is -0.494 e. The van der Waals surface area contributed by atoms with Crippen LogP contribution in [0.25, 0.3) is 0 Å². The summed E-state index contributed by atoms with van der Waals surface area (Å²) < 4.78 is 24.1. The Kier molecular flexibility index (Phi) is 6.39. The Labute approximate surface area is 189 Å². The molecular weight excluding hydrogens is 429 g/mol. The first kappa shape index (κ1) is 22.1. The molecular formula is C24H22FN3O5. The number of ether oxygens (including phenoxy) is 1. The highest BCUT2D eigenvalue weighted by atomic mass is 19.1. The number of nitrogens with zero attached hydrogens (tertiary/aromatic N) is 2. The lowest BCUT2D eigenvalue weighted by Crippen LogP contribution is -2.37. The average molecular weight is 451 g/mol. The van der Waals surface area contributed by atoms with Gasteiger partial charge in [0.05, 0.1) is 31.5 Å². The van der Waals surface area contributed by atoms with Crippen LogP contribution >= 0.6 is 0 Å². The second-order valence-electron chi connectivity index (χ2n) is 7.37. The molecule has 0 radical (unpaired) electrons. The molecule has 0 spiro atoms. The normalized spacial score (nSPS) is 15.8. The van der Waals surface area contributed by atoms with Crippen molar-refractivity contribution in [3.63, 3.8) is 0 Å². The third-order valence-electron chi connectivity index (χ3n) is 5.14. The minimum atomic E-state index is -1.05. The molecule has 1 atom stereocenters. The van der Waals surface area contributed by atoms with Gasteiger partial charge in [-0.1, -0.05) is 0 Å². The highest BCUT2D eigenvalue weighted by Crippen LogP contribution is 2.29. The summed E-state index contributed by atoms with van der Waals surface area (Å²) in [6.45, 7) is 2.41. The molecule has 170 valence electrons. The van der Waals surface area contributed by atoms with E-state index in [1.165, 1.54) is 35.4 Å². The molecule has 1 aliphatic rings. The van der Waals surface area contributed by atoms with Crippen LogP contribution in [0, 0.1) is 5.82 Å². The summed E-state index contributed by atoms with van der Waals surface area (Å²) in [6, 6.07) is 13.5. The van der Waals surface area contributed by atoms with E-state index in [1.807, 2.05) is 6.92 Å². The zero-order valence-electron chi connectivity index (χ0n) is 17.9. The van der Waals surface area contributed by atoms with Crippen LogP contribution in [-0.2, 0) is 16.1 Å². The van der Waals surface area contributed by atoms with Gasteiger partial charge in [-0.15, -0.1) is 0 Å². The maximum absolute atomic E-state index is 13.3. The van der Waals surface area contributed by atoms with E-state index in [2.05, 4.69) is 5.32 Å². The molecule has 0 saturated carbocycles. The quantitative estimate of drug-likeness (QED) is 0.519. The molecule has 2 aromatic carbocycles. The van der Waals surface area contributed by atoms with Gasteiger partial charge in [0.25, 0.3) is 5.91 Å². The van der Waals surface area contributed by atoms with Crippen LogP contribution in [-0.4, -0.2) is 35.4 Å². The second kappa shape index (κ2) is 9.56. The van der Waals surface area contributed by atoms with Gasteiger partial charge in [-0.2, -0.15) is 0 Å². The lowest BCUT2D eigenvalue weighted by Gasteiger charge is -2.20. The van der Waals surface area contributed by atoms with Crippen molar-refractivity contribution < 1.29 is 27.9 Å². The molecule has 1 N–H and O–H groups in total. The fraction of sp³-hybridized carbons (Fsp3) is 0.208. The van der Waals surface area contributed by atoms with Gasteiger partial charge in [0.1, 0.15) is 23.4 Å². The number of rotatable bonds is 8. The van der Waals surface area contributed by atoms with Crippen LogP contribution in [0.3, 0.4) is 0 Å². The van der Waals surface area contributed by atoms with E-state index in [0.717, 1.165) is 4.90 Å². The number of nitrogens with one attached hydrogen (secondary N) is 1. The summed E-state index contributed by atoms with van der Waals surface area (Å²) in [5.41, 5.74) is 0.762. The van der Waals surface area contributed by atoms with Crippen molar-refractivity contribution in [1.29, 1.82) is 0 Å². The summed E-state index contributed by atoms with van der Waals surface area (Å²) in [6.07, 6.45) is 1.21. The summed E-state index contributed by atoms with van der Waals surface area (Å²) >= 11 is 0. The molecule has 1 aliphatic heterocycles. The van der Waals surface area contributed by atoms with E-state index in [4.69, 9.17) is 9.15 Å². The van der Waals surface area contributed by atoms with Gasteiger partial charge in [-0.05, 0) is 67.6 Å². The Morgan fingerprint density at radius 3 is 2.45 bits per heavy atom. The number of benzene rings is 2. The Hall–Kier alpha value is -4.14. The molecule has 1 aromatic heterocycles. The van der Waals surface area contributed by atoms with E-state index in [0.29, 0.717) is 23.8 Å². The highest BCUT2D eigenvalue weighted by molar-refractivity contribution is 6.22. The van der Waals surface area contributed by atoms with E-state index in [9.17, 15) is 18.8 Å². The minimum absolute atomic E-state index is 0.0102. The first-order valence-corrected chi connectivity index (χ1v) is 10.4. The Balaban J connectivity index is 1.53. The van der Waals surface area contributed by atoms with Crippen LogP contribution in [0.2, 0.25) is 0 Å². The molecule has 33 heavy (non-hydrogen) atoms. The maximum atomic E-state index is 13.3. The van der Waals surface area contributed by atoms with Crippen LogP contribution in [0.15, 0.2) is 71.3 Å². The van der Waals surface area contributed by atoms with E-state index < -0.39 is 29.7 Å². The van der Waals surface area contributed by atoms with Crippen molar-refractivity contribution in [2.24, 2.45) is 0 Å². The van der Waals surface area contributed by atoms with Gasteiger partial charge in [-0.25, -0.2) is 14.1 Å². The van der Waals surface area contributed by atoms with Gasteiger partial charge >= 0.3 is 6.03 Å². The third-order valence-corrected chi connectivity index (χ3v) is 5.14. The number of halogens is 1. The largest absolute Gasteiger partial charge is 0.494 e. The summed E-state index contributed by atoms with van der Waals surface area (Å²) in [7, 11) is 0. The SMILES string of the molecule is CCOc1ccc(NC(=O)C[C@@H]2C(=O)N(c3ccc(F)cc3)C(=O)N2Cc2ccco2)cc1. The molecule has 4 amide bonds.